The van der Waals surface area contributed by atoms with E-state index >= 15 is 0 Å². The fraction of sp³-hybridized carbons (Fsp3) is 0.400. The number of phenols is 1. The van der Waals surface area contributed by atoms with Crippen LogP contribution in [0.1, 0.15) is 69.3 Å². The first-order valence-electron chi connectivity index (χ1n) is 14.9. The summed E-state index contributed by atoms with van der Waals surface area (Å²) in [7, 11) is 0. The molecule has 4 atom stereocenters. The van der Waals surface area contributed by atoms with Gasteiger partial charge in [0.1, 0.15) is 23.4 Å². The zero-order valence-corrected chi connectivity index (χ0v) is 25.9. The van der Waals surface area contributed by atoms with Crippen molar-refractivity contribution in [2.24, 2.45) is 5.92 Å². The summed E-state index contributed by atoms with van der Waals surface area (Å²) in [5, 5.41) is 15.7. The molecule has 1 saturated carbocycles. The number of hydrogen-bond acceptors (Lipinski definition) is 5. The maximum absolute atomic E-state index is 14.6. The summed E-state index contributed by atoms with van der Waals surface area (Å²) in [6.07, 6.45) is 1.01. The van der Waals surface area contributed by atoms with Gasteiger partial charge in [-0.3, -0.25) is 9.59 Å². The number of nitrogens with zero attached hydrogens (tertiary/aromatic N) is 1. The van der Waals surface area contributed by atoms with Gasteiger partial charge in [-0.25, -0.2) is 4.79 Å². The van der Waals surface area contributed by atoms with Gasteiger partial charge in [0, 0.05) is 18.2 Å². The largest absolute Gasteiger partial charge is 0.508 e. The van der Waals surface area contributed by atoms with Gasteiger partial charge in [-0.05, 0) is 86.9 Å². The number of nitrogens with one attached hydrogen (secondary N) is 2. The van der Waals surface area contributed by atoms with E-state index < -0.39 is 23.8 Å². The molecule has 3 aromatic carbocycles. The van der Waals surface area contributed by atoms with E-state index in [1.54, 1.807) is 49.9 Å². The number of phenolic OH excluding ortho intramolecular Hbond substituents is 1. The normalized spacial score (nSPS) is 17.3. The molecule has 3 amide bonds. The van der Waals surface area contributed by atoms with Crippen molar-refractivity contribution < 1.29 is 24.2 Å². The highest BCUT2D eigenvalue weighted by Gasteiger charge is 2.48. The van der Waals surface area contributed by atoms with E-state index in [1.165, 1.54) is 0 Å². The van der Waals surface area contributed by atoms with Crippen LogP contribution in [0.25, 0.3) is 0 Å². The van der Waals surface area contributed by atoms with Gasteiger partial charge < -0.3 is 25.4 Å². The third-order valence-corrected chi connectivity index (χ3v) is 7.68. The number of carbonyl (C=O) groups is 3. The maximum Gasteiger partial charge on any atom is 0.408 e. The van der Waals surface area contributed by atoms with Gasteiger partial charge in [0.05, 0.1) is 0 Å². The Hall–Kier alpha value is -4.33. The van der Waals surface area contributed by atoms with Crippen molar-refractivity contribution in [1.29, 1.82) is 0 Å². The van der Waals surface area contributed by atoms with Gasteiger partial charge in [-0.15, -0.1) is 0 Å². The minimum absolute atomic E-state index is 0.101. The van der Waals surface area contributed by atoms with E-state index in [2.05, 4.69) is 24.5 Å². The molecule has 3 N–H and O–H groups in total. The summed E-state index contributed by atoms with van der Waals surface area (Å²) in [5.41, 5.74) is 3.37. The number of carbonyl (C=O) groups excluding carboxylic acids is 3. The monoisotopic (exact) mass is 585 g/mol. The fourth-order valence-corrected chi connectivity index (χ4v) is 5.16. The number of aromatic hydroxyl groups is 1. The van der Waals surface area contributed by atoms with Crippen LogP contribution in [0.3, 0.4) is 0 Å². The summed E-state index contributed by atoms with van der Waals surface area (Å²) in [4.78, 5) is 43.5. The van der Waals surface area contributed by atoms with Crippen LogP contribution in [0.4, 0.5) is 10.5 Å². The van der Waals surface area contributed by atoms with Crippen LogP contribution in [-0.4, -0.2) is 45.6 Å². The Morgan fingerprint density at radius 2 is 1.58 bits per heavy atom. The van der Waals surface area contributed by atoms with E-state index in [0.29, 0.717) is 11.3 Å². The molecule has 1 aliphatic carbocycles. The number of amides is 3. The SMILES string of the molecule is CCc1ccc(C(C(=O)Nc2ccccc2C)N(C(=O)C(Cc2ccc(O)cc2)NC(=O)OC(C)(C)C)C2CC2C)cc1. The first kappa shape index (κ1) is 31.6. The van der Waals surface area contributed by atoms with E-state index in [4.69, 9.17) is 4.74 Å². The van der Waals surface area contributed by atoms with Gasteiger partial charge in [0.2, 0.25) is 5.91 Å². The third kappa shape index (κ3) is 8.37. The first-order valence-corrected chi connectivity index (χ1v) is 14.9. The lowest BCUT2D eigenvalue weighted by Gasteiger charge is -2.35. The molecular formula is C35H43N3O5. The Morgan fingerprint density at radius 3 is 2.14 bits per heavy atom. The molecule has 43 heavy (non-hydrogen) atoms. The molecule has 1 aliphatic rings. The van der Waals surface area contributed by atoms with Crippen LogP contribution in [0.15, 0.2) is 72.8 Å². The molecule has 4 unspecified atom stereocenters. The predicted molar refractivity (Wildman–Crippen MR) is 168 cm³/mol. The second-order valence-corrected chi connectivity index (χ2v) is 12.4. The molecule has 0 saturated heterocycles. The van der Waals surface area contributed by atoms with Crippen molar-refractivity contribution in [2.75, 3.05) is 5.32 Å². The average molecular weight is 586 g/mol. The summed E-state index contributed by atoms with van der Waals surface area (Å²) in [6, 6.07) is 19.7. The molecule has 0 aromatic heterocycles. The number of ether oxygens (including phenoxy) is 1. The van der Waals surface area contributed by atoms with E-state index in [0.717, 1.165) is 29.5 Å². The summed E-state index contributed by atoms with van der Waals surface area (Å²) < 4.78 is 5.52. The number of hydrogen-bond donors (Lipinski definition) is 3. The summed E-state index contributed by atoms with van der Waals surface area (Å²) in [5.74, 6) is -0.420. The quantitative estimate of drug-likeness (QED) is 0.258. The number of para-hydroxylation sites is 1. The number of anilines is 1. The molecule has 228 valence electrons. The molecule has 0 radical (unpaired) electrons. The second-order valence-electron chi connectivity index (χ2n) is 12.4. The third-order valence-electron chi connectivity index (χ3n) is 7.68. The standard InChI is InChI=1S/C35H43N3O5/c1-7-24-12-16-26(17-13-24)31(32(40)36-28-11-9-8-10-22(28)2)38(30-20-23(30)3)33(41)29(37-34(42)43-35(4,5)6)21-25-14-18-27(39)19-15-25/h8-19,23,29-31,39H,7,20-21H2,1-6H3,(H,36,40)(H,37,42). The second kappa shape index (κ2) is 13.3. The molecule has 0 aliphatic heterocycles. The van der Waals surface area contributed by atoms with Crippen LogP contribution < -0.4 is 10.6 Å². The molecule has 1 fully saturated rings. The van der Waals surface area contributed by atoms with E-state index in [-0.39, 0.29) is 35.9 Å². The number of alkyl carbamates (subject to hydrolysis) is 1. The maximum atomic E-state index is 14.6. The number of rotatable bonds is 10. The molecule has 0 spiro atoms. The molecule has 4 rings (SSSR count). The van der Waals surface area contributed by atoms with Crippen LogP contribution in [0.2, 0.25) is 0 Å². The van der Waals surface area contributed by atoms with Crippen molar-refractivity contribution in [3.05, 3.63) is 95.1 Å². The first-order chi connectivity index (χ1) is 20.4. The van der Waals surface area contributed by atoms with Crippen LogP contribution in [0, 0.1) is 12.8 Å². The van der Waals surface area contributed by atoms with E-state index in [1.807, 2.05) is 55.5 Å². The van der Waals surface area contributed by atoms with Crippen LogP contribution in [-0.2, 0) is 27.2 Å². The van der Waals surface area contributed by atoms with Gasteiger partial charge >= 0.3 is 6.09 Å². The lowest BCUT2D eigenvalue weighted by atomic mass is 9.98. The fourth-order valence-electron chi connectivity index (χ4n) is 5.16. The van der Waals surface area contributed by atoms with Crippen molar-refractivity contribution in [3.63, 3.8) is 0 Å². The Balaban J connectivity index is 1.76. The molecule has 0 heterocycles. The van der Waals surface area contributed by atoms with Crippen LogP contribution in [0.5, 0.6) is 5.75 Å². The zero-order valence-electron chi connectivity index (χ0n) is 25.9. The molecule has 8 nitrogen and oxygen atoms in total. The van der Waals surface area contributed by atoms with Gasteiger partial charge in [0.25, 0.3) is 5.91 Å². The minimum Gasteiger partial charge on any atom is -0.508 e. The van der Waals surface area contributed by atoms with Crippen LogP contribution >= 0.6 is 0 Å². The summed E-state index contributed by atoms with van der Waals surface area (Å²) in [6.45, 7) is 11.3. The molecule has 8 heteroatoms. The summed E-state index contributed by atoms with van der Waals surface area (Å²) >= 11 is 0. The van der Waals surface area contributed by atoms with Crippen molar-refractivity contribution in [2.45, 2.75) is 84.5 Å². The van der Waals surface area contributed by atoms with Crippen molar-refractivity contribution in [1.82, 2.24) is 10.2 Å². The lowest BCUT2D eigenvalue weighted by Crippen LogP contribution is -2.54. The average Bonchev–Trinajstić information content (AvgIpc) is 3.67. The minimum atomic E-state index is -1.02. The zero-order chi connectivity index (χ0) is 31.3. The Labute approximate surface area is 254 Å². The highest BCUT2D eigenvalue weighted by Crippen LogP contribution is 2.41. The highest BCUT2D eigenvalue weighted by atomic mass is 16.6. The highest BCUT2D eigenvalue weighted by molar-refractivity contribution is 5.99. The lowest BCUT2D eigenvalue weighted by molar-refractivity contribution is -0.141. The topological polar surface area (TPSA) is 108 Å². The molecule has 3 aromatic rings. The number of aryl methyl sites for hydroxylation is 2. The van der Waals surface area contributed by atoms with Gasteiger partial charge in [-0.1, -0.05) is 68.4 Å². The number of benzene rings is 3. The van der Waals surface area contributed by atoms with E-state index in [9.17, 15) is 19.5 Å². The van der Waals surface area contributed by atoms with Crippen molar-refractivity contribution in [3.8, 4) is 5.75 Å². The smallest absolute Gasteiger partial charge is 0.408 e. The Bertz CT molecular complexity index is 1430. The Kier molecular flexibility index (Phi) is 9.79. The molecule has 0 bridgehead atoms. The predicted octanol–water partition coefficient (Wildman–Crippen LogP) is 6.32. The van der Waals surface area contributed by atoms with Crippen molar-refractivity contribution >= 4 is 23.6 Å². The molecular weight excluding hydrogens is 542 g/mol. The Morgan fingerprint density at radius 1 is 0.977 bits per heavy atom. The van der Waals surface area contributed by atoms with Gasteiger partial charge in [-0.2, -0.15) is 0 Å². The van der Waals surface area contributed by atoms with Gasteiger partial charge in [0.15, 0.2) is 0 Å².